The van der Waals surface area contributed by atoms with Crippen molar-refractivity contribution in [3.05, 3.63) is 41.5 Å². The minimum Gasteiger partial charge on any atom is -0.494 e. The second kappa shape index (κ2) is 9.54. The number of nitrogens with one attached hydrogen (secondary N) is 2. The SMILES string of the molecule is CCNC(=NCc1ccccc1OCC)NCCc1nc(C)no1. The predicted molar refractivity (Wildman–Crippen MR) is 93.2 cm³/mol. The third-order valence-electron chi connectivity index (χ3n) is 3.23. The number of hydrogen-bond donors (Lipinski definition) is 2. The minimum atomic E-state index is 0.547. The van der Waals surface area contributed by atoms with Crippen molar-refractivity contribution >= 4 is 5.96 Å². The Morgan fingerprint density at radius 1 is 1.25 bits per heavy atom. The van der Waals surface area contributed by atoms with E-state index >= 15 is 0 Å². The van der Waals surface area contributed by atoms with Gasteiger partial charge in [-0.25, -0.2) is 4.99 Å². The number of aromatic nitrogens is 2. The van der Waals surface area contributed by atoms with E-state index in [0.717, 1.165) is 23.8 Å². The molecule has 0 saturated heterocycles. The standard InChI is InChI=1S/C17H25N5O2/c1-4-18-17(19-11-10-16-21-13(3)22-24-16)20-12-14-8-6-7-9-15(14)23-5-2/h6-9H,4-5,10-12H2,1-3H3,(H2,18,19,20). The number of aliphatic imine (C=N–C) groups is 1. The highest BCUT2D eigenvalue weighted by Gasteiger charge is 2.05. The quantitative estimate of drug-likeness (QED) is 0.569. The molecule has 1 aromatic heterocycles. The molecule has 0 atom stereocenters. The van der Waals surface area contributed by atoms with E-state index in [-0.39, 0.29) is 0 Å². The number of rotatable bonds is 8. The van der Waals surface area contributed by atoms with Gasteiger partial charge in [0.15, 0.2) is 11.8 Å². The van der Waals surface area contributed by atoms with Gasteiger partial charge in [-0.2, -0.15) is 4.98 Å². The summed E-state index contributed by atoms with van der Waals surface area (Å²) in [5.41, 5.74) is 1.06. The monoisotopic (exact) mass is 331 g/mol. The fraction of sp³-hybridized carbons (Fsp3) is 0.471. The highest BCUT2D eigenvalue weighted by molar-refractivity contribution is 5.79. The summed E-state index contributed by atoms with van der Waals surface area (Å²) in [7, 11) is 0. The first-order valence-corrected chi connectivity index (χ1v) is 8.25. The van der Waals surface area contributed by atoms with Crippen molar-refractivity contribution in [2.75, 3.05) is 19.7 Å². The highest BCUT2D eigenvalue weighted by Crippen LogP contribution is 2.18. The molecule has 2 N–H and O–H groups in total. The van der Waals surface area contributed by atoms with Gasteiger partial charge in [-0.1, -0.05) is 23.4 Å². The number of aryl methyl sites for hydroxylation is 1. The molecule has 2 rings (SSSR count). The Labute approximate surface area is 142 Å². The Bertz CT molecular complexity index is 654. The van der Waals surface area contributed by atoms with Crippen LogP contribution in [0.4, 0.5) is 0 Å². The van der Waals surface area contributed by atoms with Gasteiger partial charge in [0.1, 0.15) is 5.75 Å². The zero-order valence-corrected chi connectivity index (χ0v) is 14.5. The first-order chi connectivity index (χ1) is 11.7. The van der Waals surface area contributed by atoms with Gasteiger partial charge in [-0.3, -0.25) is 0 Å². The van der Waals surface area contributed by atoms with Crippen molar-refractivity contribution in [1.82, 2.24) is 20.8 Å². The van der Waals surface area contributed by atoms with Crippen molar-refractivity contribution in [2.24, 2.45) is 4.99 Å². The number of benzene rings is 1. The third-order valence-corrected chi connectivity index (χ3v) is 3.23. The number of hydrogen-bond acceptors (Lipinski definition) is 5. The maximum Gasteiger partial charge on any atom is 0.228 e. The Kier molecular flexibility index (Phi) is 7.07. The van der Waals surface area contributed by atoms with Gasteiger partial charge in [0.2, 0.25) is 5.89 Å². The van der Waals surface area contributed by atoms with Crippen LogP contribution >= 0.6 is 0 Å². The van der Waals surface area contributed by atoms with Crippen LogP contribution in [-0.4, -0.2) is 35.8 Å². The lowest BCUT2D eigenvalue weighted by Crippen LogP contribution is -2.38. The zero-order chi connectivity index (χ0) is 17.2. The molecule has 0 aliphatic carbocycles. The number of ether oxygens (including phenoxy) is 1. The molecule has 0 spiro atoms. The number of nitrogens with zero attached hydrogens (tertiary/aromatic N) is 3. The lowest BCUT2D eigenvalue weighted by atomic mass is 10.2. The van der Waals surface area contributed by atoms with Crippen molar-refractivity contribution in [1.29, 1.82) is 0 Å². The zero-order valence-electron chi connectivity index (χ0n) is 14.5. The summed E-state index contributed by atoms with van der Waals surface area (Å²) in [5.74, 6) is 2.90. The van der Waals surface area contributed by atoms with Crippen molar-refractivity contribution < 1.29 is 9.26 Å². The molecule has 0 amide bonds. The van der Waals surface area contributed by atoms with Gasteiger partial charge < -0.3 is 19.9 Å². The Morgan fingerprint density at radius 3 is 2.79 bits per heavy atom. The van der Waals surface area contributed by atoms with E-state index < -0.39 is 0 Å². The molecule has 7 nitrogen and oxygen atoms in total. The minimum absolute atomic E-state index is 0.547. The average molecular weight is 331 g/mol. The van der Waals surface area contributed by atoms with Crippen molar-refractivity contribution in [3.63, 3.8) is 0 Å². The van der Waals surface area contributed by atoms with Crippen LogP contribution in [0.25, 0.3) is 0 Å². The van der Waals surface area contributed by atoms with Crippen molar-refractivity contribution in [3.8, 4) is 5.75 Å². The molecule has 0 aliphatic heterocycles. The van der Waals surface area contributed by atoms with E-state index in [1.807, 2.05) is 45.0 Å². The molecule has 24 heavy (non-hydrogen) atoms. The maximum atomic E-state index is 5.63. The van der Waals surface area contributed by atoms with E-state index in [0.29, 0.717) is 37.8 Å². The molecule has 1 heterocycles. The van der Waals surface area contributed by atoms with E-state index in [2.05, 4.69) is 25.8 Å². The lowest BCUT2D eigenvalue weighted by molar-refractivity contribution is 0.336. The van der Waals surface area contributed by atoms with Gasteiger partial charge in [-0.05, 0) is 26.8 Å². The third kappa shape index (κ3) is 5.57. The molecule has 7 heteroatoms. The van der Waals surface area contributed by atoms with Crippen LogP contribution < -0.4 is 15.4 Å². The molecule has 0 radical (unpaired) electrons. The molecule has 0 aliphatic rings. The number of para-hydroxylation sites is 1. The topological polar surface area (TPSA) is 84.6 Å². The van der Waals surface area contributed by atoms with Crippen LogP contribution in [0.3, 0.4) is 0 Å². The predicted octanol–water partition coefficient (Wildman–Crippen LogP) is 2.07. The Hall–Kier alpha value is -2.57. The van der Waals surface area contributed by atoms with Crippen LogP contribution in [0.5, 0.6) is 5.75 Å². The van der Waals surface area contributed by atoms with Crippen LogP contribution in [-0.2, 0) is 13.0 Å². The molecule has 0 saturated carbocycles. The lowest BCUT2D eigenvalue weighted by Gasteiger charge is -2.12. The summed E-state index contributed by atoms with van der Waals surface area (Å²) >= 11 is 0. The van der Waals surface area contributed by atoms with Gasteiger partial charge in [0, 0.05) is 25.1 Å². The molecular weight excluding hydrogens is 306 g/mol. The summed E-state index contributed by atoms with van der Waals surface area (Å²) in [6.45, 7) is 8.46. The molecule has 2 aromatic rings. The largest absolute Gasteiger partial charge is 0.494 e. The van der Waals surface area contributed by atoms with E-state index in [4.69, 9.17) is 9.26 Å². The van der Waals surface area contributed by atoms with Gasteiger partial charge in [0.05, 0.1) is 13.2 Å². The van der Waals surface area contributed by atoms with Crippen molar-refractivity contribution in [2.45, 2.75) is 33.7 Å². The first kappa shape index (κ1) is 17.8. The van der Waals surface area contributed by atoms with Gasteiger partial charge >= 0.3 is 0 Å². The molecule has 0 fully saturated rings. The summed E-state index contributed by atoms with van der Waals surface area (Å²) < 4.78 is 10.7. The van der Waals surface area contributed by atoms with Crippen LogP contribution in [0.15, 0.2) is 33.8 Å². The van der Waals surface area contributed by atoms with E-state index in [9.17, 15) is 0 Å². The van der Waals surface area contributed by atoms with Gasteiger partial charge in [0.25, 0.3) is 0 Å². The summed E-state index contributed by atoms with van der Waals surface area (Å²) in [5, 5.41) is 10.3. The van der Waals surface area contributed by atoms with Crippen LogP contribution in [0.2, 0.25) is 0 Å². The van der Waals surface area contributed by atoms with Gasteiger partial charge in [-0.15, -0.1) is 0 Å². The smallest absolute Gasteiger partial charge is 0.228 e. The summed E-state index contributed by atoms with van der Waals surface area (Å²) in [6, 6.07) is 7.95. The highest BCUT2D eigenvalue weighted by atomic mass is 16.5. The fourth-order valence-electron chi connectivity index (χ4n) is 2.17. The number of guanidine groups is 1. The summed E-state index contributed by atoms with van der Waals surface area (Å²) in [4.78, 5) is 8.80. The Balaban J connectivity index is 1.92. The maximum absolute atomic E-state index is 5.63. The Morgan fingerprint density at radius 2 is 2.08 bits per heavy atom. The van der Waals surface area contributed by atoms with Crippen LogP contribution in [0, 0.1) is 6.92 Å². The second-order valence-electron chi connectivity index (χ2n) is 5.15. The van der Waals surface area contributed by atoms with E-state index in [1.54, 1.807) is 0 Å². The molecular formula is C17H25N5O2. The molecule has 0 bridgehead atoms. The van der Waals surface area contributed by atoms with Crippen LogP contribution in [0.1, 0.15) is 31.1 Å². The fourth-order valence-corrected chi connectivity index (χ4v) is 2.17. The molecule has 130 valence electrons. The second-order valence-corrected chi connectivity index (χ2v) is 5.15. The summed E-state index contributed by atoms with van der Waals surface area (Å²) in [6.07, 6.45) is 0.654. The normalized spacial score (nSPS) is 11.4. The molecule has 0 unspecified atom stereocenters. The molecule has 1 aromatic carbocycles. The average Bonchev–Trinajstić information content (AvgIpc) is 2.99. The van der Waals surface area contributed by atoms with E-state index in [1.165, 1.54) is 0 Å². The first-order valence-electron chi connectivity index (χ1n) is 8.25.